The molecule has 0 radical (unpaired) electrons. The van der Waals surface area contributed by atoms with Gasteiger partial charge in [-0.25, -0.2) is 0 Å². The van der Waals surface area contributed by atoms with Gasteiger partial charge in [-0.2, -0.15) is 0 Å². The Kier molecular flexibility index (Phi) is 8.41. The quantitative estimate of drug-likeness (QED) is 0.147. The SMILES string of the molecule is O=c1cc(-c2ccc(O)cc2)oc2cc(O)c(C3OC(COC4OC(CO)C(O)C(O)C4O)C(O)C(O)C3O)c(O)c12. The number of phenols is 3. The van der Waals surface area contributed by atoms with E-state index in [0.29, 0.717) is 5.56 Å². The monoisotopic (exact) mass is 594 g/mol. The topological polar surface area (TPSA) is 260 Å². The Morgan fingerprint density at radius 3 is 2.07 bits per heavy atom. The lowest BCUT2D eigenvalue weighted by Gasteiger charge is -2.43. The first-order chi connectivity index (χ1) is 19.9. The molecule has 2 aliphatic rings. The molecular weight excluding hydrogens is 564 g/mol. The van der Waals surface area contributed by atoms with Gasteiger partial charge in [0, 0.05) is 17.7 Å². The maximum Gasteiger partial charge on any atom is 0.197 e. The highest BCUT2D eigenvalue weighted by atomic mass is 16.7. The number of aromatic hydroxyl groups is 3. The van der Waals surface area contributed by atoms with Crippen molar-refractivity contribution < 1.29 is 69.7 Å². The van der Waals surface area contributed by atoms with Crippen molar-refractivity contribution in [1.82, 2.24) is 0 Å². The maximum atomic E-state index is 13.0. The summed E-state index contributed by atoms with van der Waals surface area (Å²) in [6.07, 6.45) is -16.8. The van der Waals surface area contributed by atoms with E-state index in [1.807, 2.05) is 0 Å². The number of phenolic OH excluding ortho intramolecular Hbond substituents is 3. The van der Waals surface area contributed by atoms with Gasteiger partial charge in [0.2, 0.25) is 0 Å². The highest BCUT2D eigenvalue weighted by molar-refractivity contribution is 5.88. The molecule has 0 aliphatic carbocycles. The highest BCUT2D eigenvalue weighted by Crippen LogP contribution is 2.45. The number of hydrogen-bond donors (Lipinski definition) is 10. The van der Waals surface area contributed by atoms with Crippen molar-refractivity contribution in [3.8, 4) is 28.6 Å². The zero-order valence-electron chi connectivity index (χ0n) is 21.7. The van der Waals surface area contributed by atoms with Gasteiger partial charge in [-0.1, -0.05) is 0 Å². The number of aliphatic hydroxyl groups excluding tert-OH is 7. The molecule has 0 amide bonds. The predicted molar refractivity (Wildman–Crippen MR) is 138 cm³/mol. The van der Waals surface area contributed by atoms with E-state index in [2.05, 4.69) is 0 Å². The fourth-order valence-electron chi connectivity index (χ4n) is 5.07. The smallest absolute Gasteiger partial charge is 0.197 e. The van der Waals surface area contributed by atoms with Crippen molar-refractivity contribution in [2.45, 2.75) is 61.2 Å². The fraction of sp³-hybridized carbons (Fsp3) is 0.444. The molecule has 15 nitrogen and oxygen atoms in total. The third-order valence-electron chi connectivity index (χ3n) is 7.43. The minimum absolute atomic E-state index is 0.0166. The largest absolute Gasteiger partial charge is 0.508 e. The van der Waals surface area contributed by atoms with E-state index in [-0.39, 0.29) is 22.5 Å². The summed E-state index contributed by atoms with van der Waals surface area (Å²) >= 11 is 0. The first-order valence-electron chi connectivity index (χ1n) is 12.9. The Labute approximate surface area is 236 Å². The van der Waals surface area contributed by atoms with Crippen molar-refractivity contribution in [2.75, 3.05) is 13.2 Å². The lowest BCUT2D eigenvalue weighted by Crippen LogP contribution is -2.60. The second-order valence-corrected chi connectivity index (χ2v) is 10.2. The molecule has 2 fully saturated rings. The van der Waals surface area contributed by atoms with Crippen molar-refractivity contribution in [3.63, 3.8) is 0 Å². The van der Waals surface area contributed by atoms with Crippen LogP contribution in [0.3, 0.4) is 0 Å². The minimum Gasteiger partial charge on any atom is -0.508 e. The van der Waals surface area contributed by atoms with Gasteiger partial charge in [0.05, 0.1) is 18.8 Å². The van der Waals surface area contributed by atoms with Crippen LogP contribution in [-0.2, 0) is 14.2 Å². The molecule has 15 heteroatoms. The van der Waals surface area contributed by atoms with Crippen LogP contribution in [-0.4, -0.2) is 119 Å². The molecule has 228 valence electrons. The van der Waals surface area contributed by atoms with Crippen LogP contribution in [0, 0.1) is 0 Å². The molecule has 1 aromatic heterocycles. The zero-order chi connectivity index (χ0) is 30.5. The van der Waals surface area contributed by atoms with E-state index in [1.54, 1.807) is 0 Å². The predicted octanol–water partition coefficient (Wildman–Crippen LogP) is -2.08. The van der Waals surface area contributed by atoms with Crippen LogP contribution in [0.1, 0.15) is 11.7 Å². The Morgan fingerprint density at radius 2 is 1.40 bits per heavy atom. The summed E-state index contributed by atoms with van der Waals surface area (Å²) in [6, 6.07) is 7.79. The van der Waals surface area contributed by atoms with Gasteiger partial charge < -0.3 is 69.7 Å². The average molecular weight is 595 g/mol. The summed E-state index contributed by atoms with van der Waals surface area (Å²) in [5.41, 5.74) is -1.03. The normalized spacial score (nSPS) is 33.6. The van der Waals surface area contributed by atoms with Gasteiger partial charge >= 0.3 is 0 Å². The molecule has 0 saturated carbocycles. The van der Waals surface area contributed by atoms with E-state index in [4.69, 9.17) is 18.6 Å². The molecule has 3 heterocycles. The number of aliphatic hydroxyl groups is 7. The molecular formula is C27H30O15. The second-order valence-electron chi connectivity index (χ2n) is 10.2. The van der Waals surface area contributed by atoms with Crippen LogP contribution >= 0.6 is 0 Å². The van der Waals surface area contributed by atoms with E-state index in [0.717, 1.165) is 12.1 Å². The number of rotatable bonds is 6. The molecule has 3 aromatic rings. The standard InChI is InChI=1S/C27H30O15/c28-7-15-19(32)23(36)25(38)27(42-15)39-8-16-20(33)22(35)24(37)26(41-16)18-12(31)6-14-17(21(18)34)11(30)5-13(40-14)9-1-3-10(29)4-2-9/h1-6,15-16,19-20,22-29,31-38H,7-8H2. The first kappa shape index (κ1) is 30.1. The third kappa shape index (κ3) is 5.31. The summed E-state index contributed by atoms with van der Waals surface area (Å²) in [5, 5.41) is 102. The van der Waals surface area contributed by atoms with Crippen LogP contribution in [0.5, 0.6) is 17.2 Å². The van der Waals surface area contributed by atoms with Gasteiger partial charge in [-0.15, -0.1) is 0 Å². The van der Waals surface area contributed by atoms with E-state index < -0.39 is 96.9 Å². The van der Waals surface area contributed by atoms with Crippen molar-refractivity contribution in [3.05, 3.63) is 52.2 Å². The van der Waals surface area contributed by atoms with Gasteiger partial charge in [-0.3, -0.25) is 4.79 Å². The Hall–Kier alpha value is -3.35. The molecule has 5 rings (SSSR count). The lowest BCUT2D eigenvalue weighted by atomic mass is 9.89. The highest BCUT2D eigenvalue weighted by Gasteiger charge is 2.48. The number of fused-ring (bicyclic) bond motifs is 1. The van der Waals surface area contributed by atoms with E-state index in [9.17, 15) is 55.9 Å². The van der Waals surface area contributed by atoms with Crippen molar-refractivity contribution in [2.24, 2.45) is 0 Å². The summed E-state index contributed by atoms with van der Waals surface area (Å²) in [5.74, 6) is -1.46. The summed E-state index contributed by atoms with van der Waals surface area (Å²) in [6.45, 7) is -1.36. The number of benzene rings is 2. The Balaban J connectivity index is 1.43. The average Bonchev–Trinajstić information content (AvgIpc) is 2.96. The fourth-order valence-corrected chi connectivity index (χ4v) is 5.07. The van der Waals surface area contributed by atoms with Gasteiger partial charge in [0.1, 0.15) is 88.9 Å². The molecule has 2 saturated heterocycles. The Bertz CT molecular complexity index is 1470. The van der Waals surface area contributed by atoms with Gasteiger partial charge in [0.15, 0.2) is 11.7 Å². The van der Waals surface area contributed by atoms with Crippen LogP contribution in [0.4, 0.5) is 0 Å². The van der Waals surface area contributed by atoms with E-state index >= 15 is 0 Å². The molecule has 0 bridgehead atoms. The molecule has 10 N–H and O–H groups in total. The van der Waals surface area contributed by atoms with Gasteiger partial charge in [-0.05, 0) is 24.3 Å². The summed E-state index contributed by atoms with van der Waals surface area (Å²) in [4.78, 5) is 13.0. The van der Waals surface area contributed by atoms with Crippen molar-refractivity contribution in [1.29, 1.82) is 0 Å². The maximum absolute atomic E-state index is 13.0. The van der Waals surface area contributed by atoms with Crippen LogP contribution < -0.4 is 5.43 Å². The lowest BCUT2D eigenvalue weighted by molar-refractivity contribution is -0.314. The van der Waals surface area contributed by atoms with Crippen LogP contribution in [0.15, 0.2) is 45.6 Å². The van der Waals surface area contributed by atoms with Crippen molar-refractivity contribution >= 4 is 11.0 Å². The number of ether oxygens (including phenoxy) is 3. The second kappa shape index (κ2) is 11.7. The molecule has 10 unspecified atom stereocenters. The summed E-state index contributed by atoms with van der Waals surface area (Å²) in [7, 11) is 0. The minimum atomic E-state index is -1.92. The molecule has 0 spiro atoms. The van der Waals surface area contributed by atoms with E-state index in [1.165, 1.54) is 24.3 Å². The first-order valence-corrected chi connectivity index (χ1v) is 12.9. The molecule has 10 atom stereocenters. The zero-order valence-corrected chi connectivity index (χ0v) is 21.7. The van der Waals surface area contributed by atoms with Gasteiger partial charge in [0.25, 0.3) is 0 Å². The third-order valence-corrected chi connectivity index (χ3v) is 7.43. The van der Waals surface area contributed by atoms with Crippen LogP contribution in [0.25, 0.3) is 22.3 Å². The Morgan fingerprint density at radius 1 is 0.762 bits per heavy atom. The molecule has 42 heavy (non-hydrogen) atoms. The molecule has 2 aromatic carbocycles. The van der Waals surface area contributed by atoms with Crippen LogP contribution in [0.2, 0.25) is 0 Å². The number of hydrogen-bond acceptors (Lipinski definition) is 15. The molecule has 2 aliphatic heterocycles. The summed E-state index contributed by atoms with van der Waals surface area (Å²) < 4.78 is 22.0.